The maximum absolute atomic E-state index is 12.4. The molecule has 2 atom stereocenters. The molecule has 0 aromatic heterocycles. The third-order valence-electron chi connectivity index (χ3n) is 13.7. The highest BCUT2D eigenvalue weighted by atomic mass is 16.5. The molecule has 0 spiro atoms. The molecule has 0 aromatic carbocycles. The Bertz CT molecular complexity index is 1090. The van der Waals surface area contributed by atoms with E-state index in [0.717, 1.165) is 51.4 Å². The Morgan fingerprint density at radius 2 is 0.746 bits per heavy atom. The van der Waals surface area contributed by atoms with E-state index in [4.69, 9.17) is 4.74 Å². The second kappa shape index (κ2) is 56.7. The highest BCUT2D eigenvalue weighted by molar-refractivity contribution is 5.76. The van der Waals surface area contributed by atoms with Gasteiger partial charge >= 0.3 is 5.97 Å². The second-order valence-corrected chi connectivity index (χ2v) is 20.3. The molecule has 1 amide bonds. The van der Waals surface area contributed by atoms with Crippen LogP contribution in [0.1, 0.15) is 316 Å². The van der Waals surface area contributed by atoms with Crippen molar-refractivity contribution in [3.8, 4) is 0 Å². The number of hydrogen-bond acceptors (Lipinski definition) is 5. The van der Waals surface area contributed by atoms with Crippen LogP contribution < -0.4 is 5.32 Å². The Hall–Kier alpha value is -1.92. The number of carbonyl (C=O) groups is 2. The first-order valence-electron chi connectivity index (χ1n) is 29.8. The van der Waals surface area contributed by atoms with Crippen molar-refractivity contribution in [2.75, 3.05) is 13.2 Å². The Labute approximate surface area is 417 Å². The summed E-state index contributed by atoms with van der Waals surface area (Å²) in [5.41, 5.74) is 0. The molecule has 394 valence electrons. The topological polar surface area (TPSA) is 95.9 Å². The van der Waals surface area contributed by atoms with Crippen LogP contribution in [0.2, 0.25) is 0 Å². The molecule has 0 heterocycles. The van der Waals surface area contributed by atoms with Crippen LogP contribution in [0.25, 0.3) is 0 Å². The first kappa shape index (κ1) is 65.1. The number of aliphatic hydroxyl groups excluding tert-OH is 2. The summed E-state index contributed by atoms with van der Waals surface area (Å²) >= 11 is 0. The number of aliphatic hydroxyl groups is 2. The summed E-state index contributed by atoms with van der Waals surface area (Å²) in [4.78, 5) is 24.5. The van der Waals surface area contributed by atoms with Gasteiger partial charge in [0.2, 0.25) is 5.91 Å². The van der Waals surface area contributed by atoms with Crippen molar-refractivity contribution in [3.63, 3.8) is 0 Å². The van der Waals surface area contributed by atoms with E-state index in [1.54, 1.807) is 6.08 Å². The molecule has 6 nitrogen and oxygen atoms in total. The molecule has 0 saturated heterocycles. The minimum atomic E-state index is -0.845. The van der Waals surface area contributed by atoms with E-state index in [2.05, 4.69) is 43.5 Å². The summed E-state index contributed by atoms with van der Waals surface area (Å²) in [5, 5.41) is 23.1. The summed E-state index contributed by atoms with van der Waals surface area (Å²) in [5.74, 6) is -0.0715. The lowest BCUT2D eigenvalue weighted by Crippen LogP contribution is -2.45. The van der Waals surface area contributed by atoms with Crippen LogP contribution >= 0.6 is 0 Å². The molecule has 0 bridgehead atoms. The van der Waals surface area contributed by atoms with Crippen molar-refractivity contribution >= 4 is 11.9 Å². The van der Waals surface area contributed by atoms with Gasteiger partial charge in [0.15, 0.2) is 0 Å². The number of unbranched alkanes of at least 4 members (excludes halogenated alkanes) is 40. The summed E-state index contributed by atoms with van der Waals surface area (Å²) in [6.45, 7) is 4.87. The number of esters is 1. The number of carbonyl (C=O) groups excluding carboxylic acids is 2. The Kier molecular flexibility index (Phi) is 55.0. The van der Waals surface area contributed by atoms with Crippen molar-refractivity contribution < 1.29 is 24.5 Å². The Morgan fingerprint density at radius 1 is 0.418 bits per heavy atom. The largest absolute Gasteiger partial charge is 0.466 e. The highest BCUT2D eigenvalue weighted by Crippen LogP contribution is 2.17. The maximum Gasteiger partial charge on any atom is 0.305 e. The fraction of sp³-hybridized carbons (Fsp3) is 0.869. The van der Waals surface area contributed by atoms with Crippen LogP contribution in [0.4, 0.5) is 0 Å². The molecule has 0 aliphatic rings. The molecule has 67 heavy (non-hydrogen) atoms. The van der Waals surface area contributed by atoms with Crippen LogP contribution in [-0.4, -0.2) is 47.4 Å². The van der Waals surface area contributed by atoms with E-state index in [-0.39, 0.29) is 18.5 Å². The van der Waals surface area contributed by atoms with Gasteiger partial charge in [0.1, 0.15) is 0 Å². The molecule has 3 N–H and O–H groups in total. The van der Waals surface area contributed by atoms with E-state index >= 15 is 0 Å². The minimum Gasteiger partial charge on any atom is -0.466 e. The SMILES string of the molecule is CCCCC/C=C\C/C=C\CCCCCCCC(=O)OCCCCCCCCCCCCCCCCCCCCCCCC(=O)NC(CO)C(O)/C=C/CCCCCCCCCCCCCC. The first-order valence-corrected chi connectivity index (χ1v) is 29.8. The summed E-state index contributed by atoms with van der Waals surface area (Å²) in [7, 11) is 0. The van der Waals surface area contributed by atoms with Crippen LogP contribution in [0, 0.1) is 0 Å². The highest BCUT2D eigenvalue weighted by Gasteiger charge is 2.18. The summed E-state index contributed by atoms with van der Waals surface area (Å²) in [6.07, 6.45) is 70.3. The van der Waals surface area contributed by atoms with E-state index in [9.17, 15) is 19.8 Å². The van der Waals surface area contributed by atoms with Crippen LogP contribution in [0.3, 0.4) is 0 Å². The van der Waals surface area contributed by atoms with Gasteiger partial charge < -0.3 is 20.3 Å². The van der Waals surface area contributed by atoms with Gasteiger partial charge in [-0.05, 0) is 64.2 Å². The van der Waals surface area contributed by atoms with Crippen molar-refractivity contribution in [2.24, 2.45) is 0 Å². The monoisotopic (exact) mass is 942 g/mol. The van der Waals surface area contributed by atoms with E-state index in [0.29, 0.717) is 19.4 Å². The van der Waals surface area contributed by atoms with Crippen molar-refractivity contribution in [1.29, 1.82) is 0 Å². The van der Waals surface area contributed by atoms with Gasteiger partial charge in [-0.3, -0.25) is 9.59 Å². The number of ether oxygens (including phenoxy) is 1. The zero-order chi connectivity index (χ0) is 48.6. The van der Waals surface area contributed by atoms with Crippen LogP contribution in [0.5, 0.6) is 0 Å². The third-order valence-corrected chi connectivity index (χ3v) is 13.7. The first-order chi connectivity index (χ1) is 33.0. The average molecular weight is 943 g/mol. The van der Waals surface area contributed by atoms with E-state index in [1.165, 1.54) is 238 Å². The fourth-order valence-corrected chi connectivity index (χ4v) is 9.08. The van der Waals surface area contributed by atoms with Gasteiger partial charge in [-0.25, -0.2) is 0 Å². The lowest BCUT2D eigenvalue weighted by atomic mass is 10.0. The number of nitrogens with one attached hydrogen (secondary N) is 1. The zero-order valence-electron chi connectivity index (χ0n) is 44.9. The smallest absolute Gasteiger partial charge is 0.305 e. The summed E-state index contributed by atoms with van der Waals surface area (Å²) in [6, 6.07) is -0.628. The van der Waals surface area contributed by atoms with Crippen molar-refractivity contribution in [1.82, 2.24) is 5.32 Å². The molecule has 0 saturated carbocycles. The van der Waals surface area contributed by atoms with Gasteiger partial charge in [0, 0.05) is 12.8 Å². The minimum absolute atomic E-state index is 0.00278. The Morgan fingerprint density at radius 3 is 1.16 bits per heavy atom. The van der Waals surface area contributed by atoms with Crippen molar-refractivity contribution in [2.45, 2.75) is 328 Å². The number of hydrogen-bond donors (Lipinski definition) is 3. The standard InChI is InChI=1S/C61H115NO5/c1-3-5-7-9-11-13-15-17-26-31-35-39-43-47-51-55-61(66)67-56-52-48-44-40-36-32-28-25-23-21-19-20-22-24-27-30-34-38-42-46-50-54-60(65)62-58(57-63)59(64)53-49-45-41-37-33-29-18-16-14-12-10-8-6-4-2/h11,13,17,26,49,53,58-59,63-64H,3-10,12,14-16,18-25,27-48,50-52,54-57H2,1-2H3,(H,62,65)/b13-11-,26-17-,53-49+. The quantitative estimate of drug-likeness (QED) is 0.0321. The van der Waals surface area contributed by atoms with Crippen LogP contribution in [-0.2, 0) is 14.3 Å². The molecule has 0 aliphatic heterocycles. The lowest BCUT2D eigenvalue weighted by molar-refractivity contribution is -0.143. The lowest BCUT2D eigenvalue weighted by Gasteiger charge is -2.20. The van der Waals surface area contributed by atoms with Gasteiger partial charge in [-0.1, -0.05) is 275 Å². The van der Waals surface area contributed by atoms with Crippen molar-refractivity contribution in [3.05, 3.63) is 36.5 Å². The van der Waals surface area contributed by atoms with E-state index in [1.807, 2.05) is 6.08 Å². The molecule has 0 rings (SSSR count). The van der Waals surface area contributed by atoms with E-state index < -0.39 is 12.1 Å². The van der Waals surface area contributed by atoms with Gasteiger partial charge in [0.05, 0.1) is 25.4 Å². The molecule has 0 aromatic rings. The number of allylic oxidation sites excluding steroid dienone is 5. The molecule has 0 fully saturated rings. The number of amides is 1. The maximum atomic E-state index is 12.4. The zero-order valence-corrected chi connectivity index (χ0v) is 44.9. The Balaban J connectivity index is 3.41. The van der Waals surface area contributed by atoms with Crippen LogP contribution in [0.15, 0.2) is 36.5 Å². The normalized spacial score (nSPS) is 12.8. The van der Waals surface area contributed by atoms with Gasteiger partial charge in [-0.15, -0.1) is 0 Å². The molecule has 0 aliphatic carbocycles. The van der Waals surface area contributed by atoms with Gasteiger partial charge in [0.25, 0.3) is 0 Å². The number of rotatable bonds is 55. The molecule has 2 unspecified atom stereocenters. The second-order valence-electron chi connectivity index (χ2n) is 20.3. The molecule has 0 radical (unpaired) electrons. The summed E-state index contributed by atoms with van der Waals surface area (Å²) < 4.78 is 5.47. The molecule has 6 heteroatoms. The fourth-order valence-electron chi connectivity index (χ4n) is 9.08. The molecular weight excluding hydrogens is 827 g/mol. The van der Waals surface area contributed by atoms with Gasteiger partial charge in [-0.2, -0.15) is 0 Å². The predicted octanol–water partition coefficient (Wildman–Crippen LogP) is 18.4. The third kappa shape index (κ3) is 53.3. The molecular formula is C61H115NO5. The average Bonchev–Trinajstić information content (AvgIpc) is 3.33. The predicted molar refractivity (Wildman–Crippen MR) is 292 cm³/mol.